The van der Waals surface area contributed by atoms with Crippen molar-refractivity contribution in [1.29, 1.82) is 5.26 Å². The van der Waals surface area contributed by atoms with Gasteiger partial charge in [0.15, 0.2) is 0 Å². The molecule has 0 bridgehead atoms. The summed E-state index contributed by atoms with van der Waals surface area (Å²) in [6.45, 7) is 2.88. The van der Waals surface area contributed by atoms with Crippen molar-refractivity contribution in [3.8, 4) is 11.8 Å². The highest BCUT2D eigenvalue weighted by molar-refractivity contribution is 7.99. The van der Waals surface area contributed by atoms with E-state index < -0.39 is 0 Å². The second-order valence-corrected chi connectivity index (χ2v) is 5.00. The number of nitrogens with zero attached hydrogens (tertiary/aromatic N) is 1. The van der Waals surface area contributed by atoms with Crippen LogP contribution in [0.25, 0.3) is 0 Å². The van der Waals surface area contributed by atoms with Crippen molar-refractivity contribution >= 4 is 11.8 Å². The number of aliphatic hydroxyl groups is 1. The zero-order valence-electron chi connectivity index (χ0n) is 9.93. The maximum absolute atomic E-state index is 8.85. The van der Waals surface area contributed by atoms with Gasteiger partial charge in [-0.15, -0.1) is 0 Å². The predicted molar refractivity (Wildman–Crippen MR) is 70.2 cm³/mol. The molecule has 0 aliphatic carbocycles. The Hall–Kier alpha value is -1.18. The lowest BCUT2D eigenvalue weighted by atomic mass is 10.2. The third kappa shape index (κ3) is 5.62. The molecule has 0 saturated heterocycles. The first kappa shape index (κ1) is 13.9. The number of nitriles is 1. The van der Waals surface area contributed by atoms with E-state index in [0.717, 1.165) is 17.3 Å². The Kier molecular flexibility index (Phi) is 6.53. The molecule has 0 aliphatic rings. The fourth-order valence-corrected chi connectivity index (χ4v) is 2.09. The van der Waals surface area contributed by atoms with Crippen LogP contribution in [0.1, 0.15) is 12.5 Å². The van der Waals surface area contributed by atoms with Gasteiger partial charge in [-0.1, -0.05) is 13.0 Å². The first-order valence-electron chi connectivity index (χ1n) is 5.58. The Bertz CT molecular complexity index is 376. The van der Waals surface area contributed by atoms with Crippen molar-refractivity contribution in [3.63, 3.8) is 0 Å². The van der Waals surface area contributed by atoms with E-state index in [1.54, 1.807) is 23.9 Å². The fraction of sp³-hybridized carbons (Fsp3) is 0.462. The molecule has 0 saturated carbocycles. The van der Waals surface area contributed by atoms with Gasteiger partial charge in [0.25, 0.3) is 0 Å². The van der Waals surface area contributed by atoms with Gasteiger partial charge in [-0.3, -0.25) is 0 Å². The van der Waals surface area contributed by atoms with E-state index in [0.29, 0.717) is 18.1 Å². The first-order chi connectivity index (χ1) is 8.26. The summed E-state index contributed by atoms with van der Waals surface area (Å²) < 4.78 is 5.53. The number of hydrogen-bond donors (Lipinski definition) is 1. The average Bonchev–Trinajstić information content (AvgIpc) is 2.38. The van der Waals surface area contributed by atoms with Gasteiger partial charge in [-0.05, 0) is 29.9 Å². The van der Waals surface area contributed by atoms with Gasteiger partial charge < -0.3 is 9.84 Å². The molecule has 0 aromatic heterocycles. The molecule has 4 heteroatoms. The second-order valence-electron chi connectivity index (χ2n) is 3.85. The second kappa shape index (κ2) is 7.99. The SMILES string of the molecule is CC(CO)CSCCOc1cccc(C#N)c1. The van der Waals surface area contributed by atoms with Crippen LogP contribution in [0.4, 0.5) is 0 Å². The van der Waals surface area contributed by atoms with E-state index in [1.165, 1.54) is 0 Å². The van der Waals surface area contributed by atoms with Crippen LogP contribution in [0.5, 0.6) is 5.75 Å². The Balaban J connectivity index is 2.20. The normalized spacial score (nSPS) is 11.8. The van der Waals surface area contributed by atoms with Gasteiger partial charge in [0.1, 0.15) is 5.75 Å². The number of rotatable bonds is 7. The number of aliphatic hydroxyl groups excluding tert-OH is 1. The van der Waals surface area contributed by atoms with E-state index in [1.807, 2.05) is 19.1 Å². The van der Waals surface area contributed by atoms with Gasteiger partial charge in [-0.2, -0.15) is 17.0 Å². The van der Waals surface area contributed by atoms with E-state index in [9.17, 15) is 0 Å². The van der Waals surface area contributed by atoms with Gasteiger partial charge in [0, 0.05) is 12.4 Å². The zero-order valence-corrected chi connectivity index (χ0v) is 10.7. The third-order valence-electron chi connectivity index (χ3n) is 2.17. The minimum absolute atomic E-state index is 0.234. The molecule has 1 rings (SSSR count). The molecule has 0 radical (unpaired) electrons. The molecule has 1 atom stereocenters. The smallest absolute Gasteiger partial charge is 0.120 e. The molecule has 0 aliphatic heterocycles. The standard InChI is InChI=1S/C13H17NO2S/c1-11(9-15)10-17-6-5-16-13-4-2-3-12(7-13)8-14/h2-4,7,11,15H,5-6,9-10H2,1H3. The summed E-state index contributed by atoms with van der Waals surface area (Å²) >= 11 is 1.77. The summed E-state index contributed by atoms with van der Waals surface area (Å²) in [5.74, 6) is 2.90. The number of hydrogen-bond acceptors (Lipinski definition) is 4. The number of benzene rings is 1. The Morgan fingerprint density at radius 1 is 1.53 bits per heavy atom. The molecule has 1 N–H and O–H groups in total. The van der Waals surface area contributed by atoms with Crippen LogP contribution in [0, 0.1) is 17.2 Å². The lowest BCUT2D eigenvalue weighted by molar-refractivity contribution is 0.250. The van der Waals surface area contributed by atoms with Crippen molar-refractivity contribution in [2.45, 2.75) is 6.92 Å². The molecule has 1 aromatic rings. The van der Waals surface area contributed by atoms with Crippen molar-refractivity contribution in [1.82, 2.24) is 0 Å². The van der Waals surface area contributed by atoms with Crippen LogP contribution in [0.15, 0.2) is 24.3 Å². The third-order valence-corrected chi connectivity index (χ3v) is 3.43. The molecule has 0 fully saturated rings. The fourth-order valence-electron chi connectivity index (χ4n) is 1.21. The highest BCUT2D eigenvalue weighted by Gasteiger charge is 2.00. The van der Waals surface area contributed by atoms with Crippen LogP contribution in [0.3, 0.4) is 0 Å². The summed E-state index contributed by atoms with van der Waals surface area (Å²) in [4.78, 5) is 0. The van der Waals surface area contributed by atoms with Gasteiger partial charge in [0.05, 0.1) is 18.2 Å². The number of thioether (sulfide) groups is 1. The minimum Gasteiger partial charge on any atom is -0.493 e. The Morgan fingerprint density at radius 2 is 2.35 bits per heavy atom. The molecule has 0 heterocycles. The Morgan fingerprint density at radius 3 is 3.06 bits per heavy atom. The predicted octanol–water partition coefficient (Wildman–Crippen LogP) is 2.30. The van der Waals surface area contributed by atoms with E-state index in [2.05, 4.69) is 6.07 Å². The molecular weight excluding hydrogens is 234 g/mol. The van der Waals surface area contributed by atoms with Crippen LogP contribution in [0.2, 0.25) is 0 Å². The zero-order chi connectivity index (χ0) is 12.5. The average molecular weight is 251 g/mol. The minimum atomic E-state index is 0.234. The van der Waals surface area contributed by atoms with Crippen molar-refractivity contribution in [3.05, 3.63) is 29.8 Å². The summed E-state index contributed by atoms with van der Waals surface area (Å²) in [5.41, 5.74) is 0.615. The van der Waals surface area contributed by atoms with Gasteiger partial charge >= 0.3 is 0 Å². The molecule has 0 spiro atoms. The summed E-state index contributed by atoms with van der Waals surface area (Å²) in [6.07, 6.45) is 0. The molecule has 0 amide bonds. The molecule has 92 valence electrons. The van der Waals surface area contributed by atoms with Crippen molar-refractivity contribution < 1.29 is 9.84 Å². The lowest BCUT2D eigenvalue weighted by Gasteiger charge is -2.08. The van der Waals surface area contributed by atoms with Gasteiger partial charge in [-0.25, -0.2) is 0 Å². The maximum Gasteiger partial charge on any atom is 0.120 e. The summed E-state index contributed by atoms with van der Waals surface area (Å²) in [5, 5.41) is 17.6. The summed E-state index contributed by atoms with van der Waals surface area (Å²) in [7, 11) is 0. The molecule has 1 unspecified atom stereocenters. The number of ether oxygens (including phenoxy) is 1. The molecular formula is C13H17NO2S. The van der Waals surface area contributed by atoms with Gasteiger partial charge in [0.2, 0.25) is 0 Å². The monoisotopic (exact) mass is 251 g/mol. The van der Waals surface area contributed by atoms with Crippen molar-refractivity contribution in [2.24, 2.45) is 5.92 Å². The summed E-state index contributed by atoms with van der Waals surface area (Å²) in [6, 6.07) is 9.23. The molecule has 3 nitrogen and oxygen atoms in total. The quantitative estimate of drug-likeness (QED) is 0.755. The van der Waals surface area contributed by atoms with Crippen LogP contribution in [-0.2, 0) is 0 Å². The van der Waals surface area contributed by atoms with E-state index in [4.69, 9.17) is 15.1 Å². The highest BCUT2D eigenvalue weighted by atomic mass is 32.2. The maximum atomic E-state index is 8.85. The van der Waals surface area contributed by atoms with Crippen molar-refractivity contribution in [2.75, 3.05) is 24.7 Å². The van der Waals surface area contributed by atoms with E-state index >= 15 is 0 Å². The van der Waals surface area contributed by atoms with Crippen LogP contribution < -0.4 is 4.74 Å². The molecule has 17 heavy (non-hydrogen) atoms. The Labute approximate surface area is 106 Å². The topological polar surface area (TPSA) is 53.2 Å². The largest absolute Gasteiger partial charge is 0.493 e. The van der Waals surface area contributed by atoms with E-state index in [-0.39, 0.29) is 6.61 Å². The van der Waals surface area contributed by atoms with Crippen LogP contribution >= 0.6 is 11.8 Å². The highest BCUT2D eigenvalue weighted by Crippen LogP contribution is 2.13. The molecule has 1 aromatic carbocycles. The lowest BCUT2D eigenvalue weighted by Crippen LogP contribution is -2.06. The first-order valence-corrected chi connectivity index (χ1v) is 6.73. The van der Waals surface area contributed by atoms with Crippen LogP contribution in [-0.4, -0.2) is 29.8 Å².